The summed E-state index contributed by atoms with van der Waals surface area (Å²) in [6.45, 7) is 0. The van der Waals surface area contributed by atoms with E-state index >= 15 is 0 Å². The Morgan fingerprint density at radius 3 is 2.47 bits per heavy atom. The summed E-state index contributed by atoms with van der Waals surface area (Å²) in [6, 6.07) is 14.6. The highest BCUT2D eigenvalue weighted by Gasteiger charge is 2.14. The van der Waals surface area contributed by atoms with Crippen molar-refractivity contribution in [2.75, 3.05) is 7.11 Å². The van der Waals surface area contributed by atoms with Gasteiger partial charge in [0.2, 0.25) is 0 Å². The van der Waals surface area contributed by atoms with Crippen molar-refractivity contribution in [1.82, 2.24) is 0 Å². The highest BCUT2D eigenvalue weighted by atomic mass is 79.9. The summed E-state index contributed by atoms with van der Waals surface area (Å²) in [5.41, 5.74) is 1.22. The van der Waals surface area contributed by atoms with E-state index in [2.05, 4.69) is 15.9 Å². The summed E-state index contributed by atoms with van der Waals surface area (Å²) in [7, 11) is 1.56. The number of hydrogen-bond donors (Lipinski definition) is 0. The van der Waals surface area contributed by atoms with Crippen LogP contribution in [0.4, 0.5) is 0 Å². The van der Waals surface area contributed by atoms with E-state index in [1.54, 1.807) is 31.4 Å². The number of ether oxygens (including phenoxy) is 1. The molecule has 0 atom stereocenters. The van der Waals surface area contributed by atoms with Crippen LogP contribution in [0.3, 0.4) is 0 Å². The molecule has 2 aromatic rings. The summed E-state index contributed by atoms with van der Waals surface area (Å²) < 4.78 is 6.06. The number of methoxy groups -OCH3 is 1. The molecule has 0 aliphatic heterocycles. The second kappa shape index (κ2) is 5.15. The average Bonchev–Trinajstić information content (AvgIpc) is 2.39. The Balaban J connectivity index is 2.47. The van der Waals surface area contributed by atoms with Crippen molar-refractivity contribution < 1.29 is 9.53 Å². The first-order valence-electron chi connectivity index (χ1n) is 5.15. The van der Waals surface area contributed by atoms with Crippen molar-refractivity contribution >= 4 is 21.7 Å². The van der Waals surface area contributed by atoms with Gasteiger partial charge < -0.3 is 4.74 Å². The molecule has 0 N–H and O–H groups in total. The number of carbonyl (C=O) groups excluding carboxylic acids is 1. The van der Waals surface area contributed by atoms with Gasteiger partial charge in [0.25, 0.3) is 0 Å². The summed E-state index contributed by atoms with van der Waals surface area (Å²) >= 11 is 3.36. The first-order chi connectivity index (χ1) is 8.22. The number of carbonyl (C=O) groups is 1. The first-order valence-corrected chi connectivity index (χ1v) is 5.95. The molecule has 0 amide bonds. The Bertz CT molecular complexity index is 535. The van der Waals surface area contributed by atoms with Gasteiger partial charge in [0.15, 0.2) is 5.78 Å². The van der Waals surface area contributed by atoms with Gasteiger partial charge in [0.1, 0.15) is 5.75 Å². The van der Waals surface area contributed by atoms with Crippen molar-refractivity contribution in [3.63, 3.8) is 0 Å². The molecule has 0 unspecified atom stereocenters. The Morgan fingerprint density at radius 2 is 1.82 bits per heavy atom. The number of benzene rings is 2. The molecule has 0 aliphatic rings. The van der Waals surface area contributed by atoms with E-state index in [0.717, 1.165) is 4.47 Å². The van der Waals surface area contributed by atoms with Crippen LogP contribution in [0.5, 0.6) is 5.75 Å². The molecular weight excluding hydrogens is 280 g/mol. The fourth-order valence-corrected chi connectivity index (χ4v) is 1.96. The molecule has 0 bridgehead atoms. The molecule has 0 saturated carbocycles. The summed E-state index contributed by atoms with van der Waals surface area (Å²) in [5, 5.41) is 0. The highest BCUT2D eigenvalue weighted by Crippen LogP contribution is 2.25. The summed E-state index contributed by atoms with van der Waals surface area (Å²) in [6.07, 6.45) is 0. The molecular formula is C14H11BrO2. The maximum atomic E-state index is 12.3. The molecule has 0 aliphatic carbocycles. The zero-order valence-electron chi connectivity index (χ0n) is 9.31. The summed E-state index contributed by atoms with van der Waals surface area (Å²) in [5.74, 6) is 0.547. The monoisotopic (exact) mass is 290 g/mol. The maximum Gasteiger partial charge on any atom is 0.196 e. The molecule has 0 spiro atoms. The van der Waals surface area contributed by atoms with Crippen molar-refractivity contribution in [3.05, 3.63) is 64.1 Å². The highest BCUT2D eigenvalue weighted by molar-refractivity contribution is 9.10. The van der Waals surface area contributed by atoms with Gasteiger partial charge in [-0.05, 0) is 18.2 Å². The van der Waals surface area contributed by atoms with E-state index in [0.29, 0.717) is 16.9 Å². The lowest BCUT2D eigenvalue weighted by molar-refractivity contribution is 0.103. The average molecular weight is 291 g/mol. The topological polar surface area (TPSA) is 26.3 Å². The Morgan fingerprint density at radius 1 is 1.12 bits per heavy atom. The molecule has 2 aromatic carbocycles. The fraction of sp³-hybridized carbons (Fsp3) is 0.0714. The van der Waals surface area contributed by atoms with Crippen LogP contribution >= 0.6 is 15.9 Å². The molecule has 0 fully saturated rings. The third-order valence-electron chi connectivity index (χ3n) is 2.44. The number of halogens is 1. The molecule has 0 aromatic heterocycles. The lowest BCUT2D eigenvalue weighted by Crippen LogP contribution is -2.03. The maximum absolute atomic E-state index is 12.3. The fourth-order valence-electron chi connectivity index (χ4n) is 1.60. The van der Waals surface area contributed by atoms with Gasteiger partial charge in [-0.15, -0.1) is 0 Å². The smallest absolute Gasteiger partial charge is 0.196 e. The van der Waals surface area contributed by atoms with Gasteiger partial charge in [0.05, 0.1) is 12.7 Å². The van der Waals surface area contributed by atoms with E-state index in [1.807, 2.05) is 24.3 Å². The van der Waals surface area contributed by atoms with E-state index in [4.69, 9.17) is 4.74 Å². The van der Waals surface area contributed by atoms with Crippen LogP contribution in [-0.4, -0.2) is 12.9 Å². The standard InChI is InChI=1S/C14H11BrO2/c1-17-13-8-7-11(15)9-12(13)14(16)10-5-3-2-4-6-10/h2-9H,1H3. The molecule has 0 heterocycles. The van der Waals surface area contributed by atoms with E-state index in [9.17, 15) is 4.79 Å². The van der Waals surface area contributed by atoms with Gasteiger partial charge in [0, 0.05) is 10.0 Å². The normalized spacial score (nSPS) is 10.0. The van der Waals surface area contributed by atoms with Crippen LogP contribution in [-0.2, 0) is 0 Å². The quantitative estimate of drug-likeness (QED) is 0.806. The minimum Gasteiger partial charge on any atom is -0.496 e. The lowest BCUT2D eigenvalue weighted by Gasteiger charge is -2.08. The minimum absolute atomic E-state index is 0.0382. The van der Waals surface area contributed by atoms with Gasteiger partial charge in [-0.1, -0.05) is 46.3 Å². The van der Waals surface area contributed by atoms with Gasteiger partial charge in [-0.3, -0.25) is 4.79 Å². The summed E-state index contributed by atoms with van der Waals surface area (Å²) in [4.78, 5) is 12.3. The third kappa shape index (κ3) is 2.56. The number of hydrogen-bond acceptors (Lipinski definition) is 2. The van der Waals surface area contributed by atoms with Crippen LogP contribution in [0.15, 0.2) is 53.0 Å². The van der Waals surface area contributed by atoms with Crippen molar-refractivity contribution in [3.8, 4) is 5.75 Å². The third-order valence-corrected chi connectivity index (χ3v) is 2.94. The Hall–Kier alpha value is -1.61. The molecule has 17 heavy (non-hydrogen) atoms. The van der Waals surface area contributed by atoms with Crippen molar-refractivity contribution in [2.45, 2.75) is 0 Å². The molecule has 2 rings (SSSR count). The Labute approximate surface area is 108 Å². The Kier molecular flexibility index (Phi) is 3.59. The van der Waals surface area contributed by atoms with Crippen molar-refractivity contribution in [1.29, 1.82) is 0 Å². The van der Waals surface area contributed by atoms with Crippen LogP contribution in [0, 0.1) is 0 Å². The van der Waals surface area contributed by atoms with Crippen molar-refractivity contribution in [2.24, 2.45) is 0 Å². The largest absolute Gasteiger partial charge is 0.496 e. The van der Waals surface area contributed by atoms with Crippen LogP contribution < -0.4 is 4.74 Å². The van der Waals surface area contributed by atoms with Crippen LogP contribution in [0.25, 0.3) is 0 Å². The molecule has 0 radical (unpaired) electrons. The second-order valence-corrected chi connectivity index (χ2v) is 4.46. The first kappa shape index (κ1) is 11.9. The zero-order chi connectivity index (χ0) is 12.3. The van der Waals surface area contributed by atoms with Gasteiger partial charge in [-0.25, -0.2) is 0 Å². The van der Waals surface area contributed by atoms with Crippen LogP contribution in [0.1, 0.15) is 15.9 Å². The predicted molar refractivity (Wildman–Crippen MR) is 70.6 cm³/mol. The molecule has 0 saturated heterocycles. The second-order valence-electron chi connectivity index (χ2n) is 3.54. The molecule has 86 valence electrons. The SMILES string of the molecule is COc1ccc(Br)cc1C(=O)c1ccccc1. The lowest BCUT2D eigenvalue weighted by atomic mass is 10.0. The molecule has 2 nitrogen and oxygen atoms in total. The molecule has 3 heteroatoms. The van der Waals surface area contributed by atoms with Crippen LogP contribution in [0.2, 0.25) is 0 Å². The number of rotatable bonds is 3. The van der Waals surface area contributed by atoms with E-state index in [1.165, 1.54) is 0 Å². The number of ketones is 1. The predicted octanol–water partition coefficient (Wildman–Crippen LogP) is 3.69. The van der Waals surface area contributed by atoms with Gasteiger partial charge in [-0.2, -0.15) is 0 Å². The van der Waals surface area contributed by atoms with E-state index < -0.39 is 0 Å². The minimum atomic E-state index is -0.0382. The van der Waals surface area contributed by atoms with E-state index in [-0.39, 0.29) is 5.78 Å². The van der Waals surface area contributed by atoms with Gasteiger partial charge >= 0.3 is 0 Å². The zero-order valence-corrected chi connectivity index (χ0v) is 10.9.